The van der Waals surface area contributed by atoms with Gasteiger partial charge in [0.1, 0.15) is 18.7 Å². The molecular weight excluding hydrogens is 264 g/mol. The van der Waals surface area contributed by atoms with Crippen molar-refractivity contribution < 1.29 is 4.79 Å². The molecule has 1 aromatic heterocycles. The van der Waals surface area contributed by atoms with E-state index >= 15 is 0 Å². The van der Waals surface area contributed by atoms with Crippen molar-refractivity contribution in [3.8, 4) is 0 Å². The van der Waals surface area contributed by atoms with Crippen LogP contribution in [0.15, 0.2) is 36.9 Å². The third-order valence-electron chi connectivity index (χ3n) is 4.23. The maximum atomic E-state index is 12.9. The van der Waals surface area contributed by atoms with Crippen molar-refractivity contribution in [2.75, 3.05) is 11.4 Å². The number of hydrogen-bond acceptors (Lipinski definition) is 3. The SMILES string of the molecule is C[C@@H]1CCCN(C(=O)[C@@H](C)n2cncn2)c2ccccc21. The lowest BCUT2D eigenvalue weighted by Crippen LogP contribution is -2.37. The molecule has 3 rings (SSSR count). The van der Waals surface area contributed by atoms with E-state index in [1.54, 1.807) is 11.0 Å². The Morgan fingerprint density at radius 2 is 2.19 bits per heavy atom. The van der Waals surface area contributed by atoms with Gasteiger partial charge in [0.05, 0.1) is 0 Å². The molecule has 0 spiro atoms. The molecule has 21 heavy (non-hydrogen) atoms. The van der Waals surface area contributed by atoms with Gasteiger partial charge in [-0.3, -0.25) is 4.79 Å². The number of nitrogens with zero attached hydrogens (tertiary/aromatic N) is 4. The summed E-state index contributed by atoms with van der Waals surface area (Å²) in [6.07, 6.45) is 5.18. The summed E-state index contributed by atoms with van der Waals surface area (Å²) < 4.78 is 1.61. The molecule has 0 radical (unpaired) electrons. The highest BCUT2D eigenvalue weighted by Gasteiger charge is 2.28. The first kappa shape index (κ1) is 13.8. The Kier molecular flexibility index (Phi) is 3.73. The third-order valence-corrected chi connectivity index (χ3v) is 4.23. The van der Waals surface area contributed by atoms with Gasteiger partial charge >= 0.3 is 0 Å². The highest BCUT2D eigenvalue weighted by Crippen LogP contribution is 2.34. The number of benzene rings is 1. The summed E-state index contributed by atoms with van der Waals surface area (Å²) >= 11 is 0. The molecule has 0 aliphatic carbocycles. The fourth-order valence-electron chi connectivity index (χ4n) is 2.97. The van der Waals surface area contributed by atoms with E-state index in [9.17, 15) is 4.79 Å². The molecule has 0 unspecified atom stereocenters. The van der Waals surface area contributed by atoms with Gasteiger partial charge in [-0.15, -0.1) is 0 Å². The molecule has 1 aromatic carbocycles. The molecule has 0 saturated heterocycles. The topological polar surface area (TPSA) is 51.0 Å². The minimum atomic E-state index is -0.339. The Labute approximate surface area is 124 Å². The van der Waals surface area contributed by atoms with Crippen LogP contribution < -0.4 is 4.90 Å². The van der Waals surface area contributed by atoms with Gasteiger partial charge in [-0.1, -0.05) is 25.1 Å². The third kappa shape index (κ3) is 2.55. The first-order valence-corrected chi connectivity index (χ1v) is 7.43. The molecule has 2 aromatic rings. The van der Waals surface area contributed by atoms with Crippen LogP contribution in [0, 0.1) is 0 Å². The molecule has 1 amide bonds. The van der Waals surface area contributed by atoms with E-state index in [0.29, 0.717) is 5.92 Å². The van der Waals surface area contributed by atoms with Gasteiger partial charge < -0.3 is 4.90 Å². The predicted octanol–water partition coefficient (Wildman–Crippen LogP) is 2.77. The van der Waals surface area contributed by atoms with Gasteiger partial charge in [0.25, 0.3) is 5.91 Å². The lowest BCUT2D eigenvalue weighted by molar-refractivity contribution is -0.121. The van der Waals surface area contributed by atoms with E-state index in [1.807, 2.05) is 30.0 Å². The van der Waals surface area contributed by atoms with Crippen LogP contribution in [0.3, 0.4) is 0 Å². The van der Waals surface area contributed by atoms with E-state index in [0.717, 1.165) is 25.1 Å². The minimum absolute atomic E-state index is 0.0713. The summed E-state index contributed by atoms with van der Waals surface area (Å²) in [5.41, 5.74) is 2.30. The monoisotopic (exact) mass is 284 g/mol. The highest BCUT2D eigenvalue weighted by atomic mass is 16.2. The van der Waals surface area contributed by atoms with Crippen molar-refractivity contribution in [3.63, 3.8) is 0 Å². The molecule has 5 heteroatoms. The van der Waals surface area contributed by atoms with Crippen LogP contribution in [0.4, 0.5) is 5.69 Å². The Bertz CT molecular complexity index is 623. The second-order valence-corrected chi connectivity index (χ2v) is 5.64. The van der Waals surface area contributed by atoms with Crippen molar-refractivity contribution in [1.29, 1.82) is 0 Å². The van der Waals surface area contributed by atoms with E-state index < -0.39 is 0 Å². The van der Waals surface area contributed by atoms with E-state index in [-0.39, 0.29) is 11.9 Å². The number of amides is 1. The normalized spacial score (nSPS) is 19.7. The lowest BCUT2D eigenvalue weighted by atomic mass is 9.96. The Morgan fingerprint density at radius 3 is 2.95 bits per heavy atom. The van der Waals surface area contributed by atoms with Crippen LogP contribution in [0.25, 0.3) is 0 Å². The summed E-state index contributed by atoms with van der Waals surface area (Å²) in [4.78, 5) is 18.7. The van der Waals surface area contributed by atoms with Crippen LogP contribution in [0.2, 0.25) is 0 Å². The zero-order valence-electron chi connectivity index (χ0n) is 12.4. The summed E-state index contributed by atoms with van der Waals surface area (Å²) in [6.45, 7) is 4.86. The molecule has 1 aliphatic heterocycles. The number of rotatable bonds is 2. The fourth-order valence-corrected chi connectivity index (χ4v) is 2.97. The Balaban J connectivity index is 1.94. The summed E-state index contributed by atoms with van der Waals surface area (Å²) in [5, 5.41) is 4.08. The average molecular weight is 284 g/mol. The largest absolute Gasteiger partial charge is 0.310 e. The quantitative estimate of drug-likeness (QED) is 0.852. The smallest absolute Gasteiger partial charge is 0.251 e. The maximum Gasteiger partial charge on any atom is 0.251 e. The van der Waals surface area contributed by atoms with Gasteiger partial charge in [0, 0.05) is 12.2 Å². The maximum absolute atomic E-state index is 12.9. The molecule has 0 fully saturated rings. The lowest BCUT2D eigenvalue weighted by Gasteiger charge is -2.26. The standard InChI is InChI=1S/C16H20N4O/c1-12-6-5-9-19(15-8-4-3-7-14(12)15)16(21)13(2)20-11-17-10-18-20/h3-4,7-8,10-13H,5-6,9H2,1-2H3/t12-,13-/m1/s1. The molecule has 1 aliphatic rings. The van der Waals surface area contributed by atoms with Gasteiger partial charge in [-0.25, -0.2) is 9.67 Å². The molecule has 0 saturated carbocycles. The van der Waals surface area contributed by atoms with Crippen molar-refractivity contribution in [3.05, 3.63) is 42.5 Å². The van der Waals surface area contributed by atoms with Gasteiger partial charge in [0.15, 0.2) is 0 Å². The van der Waals surface area contributed by atoms with Gasteiger partial charge in [-0.05, 0) is 37.3 Å². The molecule has 5 nitrogen and oxygen atoms in total. The van der Waals surface area contributed by atoms with Gasteiger partial charge in [-0.2, -0.15) is 5.10 Å². The fraction of sp³-hybridized carbons (Fsp3) is 0.438. The van der Waals surface area contributed by atoms with Gasteiger partial charge in [0.2, 0.25) is 0 Å². The molecule has 2 heterocycles. The van der Waals surface area contributed by atoms with Crippen LogP contribution in [-0.2, 0) is 4.79 Å². The van der Waals surface area contributed by atoms with Crippen LogP contribution in [0.5, 0.6) is 0 Å². The molecule has 0 bridgehead atoms. The number of anilines is 1. The number of fused-ring (bicyclic) bond motifs is 1. The molecule has 110 valence electrons. The Morgan fingerprint density at radius 1 is 1.38 bits per heavy atom. The van der Waals surface area contributed by atoms with Crippen molar-refractivity contribution >= 4 is 11.6 Å². The molecule has 2 atom stereocenters. The second kappa shape index (κ2) is 5.68. The number of hydrogen-bond donors (Lipinski definition) is 0. The van der Waals surface area contributed by atoms with Crippen molar-refractivity contribution in [1.82, 2.24) is 14.8 Å². The van der Waals surface area contributed by atoms with E-state index in [4.69, 9.17) is 0 Å². The Hall–Kier alpha value is -2.17. The first-order chi connectivity index (χ1) is 10.2. The zero-order chi connectivity index (χ0) is 14.8. The summed E-state index contributed by atoms with van der Waals surface area (Å²) in [5.74, 6) is 0.558. The first-order valence-electron chi connectivity index (χ1n) is 7.43. The van der Waals surface area contributed by atoms with Crippen LogP contribution >= 0.6 is 0 Å². The number of para-hydroxylation sites is 1. The summed E-state index contributed by atoms with van der Waals surface area (Å²) in [6, 6.07) is 7.88. The van der Waals surface area contributed by atoms with E-state index in [1.165, 1.54) is 11.9 Å². The highest BCUT2D eigenvalue weighted by molar-refractivity contribution is 5.96. The zero-order valence-corrected chi connectivity index (χ0v) is 12.4. The number of carbonyl (C=O) groups excluding carboxylic acids is 1. The van der Waals surface area contributed by atoms with Crippen molar-refractivity contribution in [2.24, 2.45) is 0 Å². The number of aromatic nitrogens is 3. The van der Waals surface area contributed by atoms with Crippen LogP contribution in [-0.4, -0.2) is 27.2 Å². The average Bonchev–Trinajstić information content (AvgIpc) is 2.99. The minimum Gasteiger partial charge on any atom is -0.310 e. The summed E-state index contributed by atoms with van der Waals surface area (Å²) in [7, 11) is 0. The van der Waals surface area contributed by atoms with E-state index in [2.05, 4.69) is 23.1 Å². The second-order valence-electron chi connectivity index (χ2n) is 5.64. The van der Waals surface area contributed by atoms with Crippen molar-refractivity contribution in [2.45, 2.75) is 38.6 Å². The number of carbonyl (C=O) groups is 1. The van der Waals surface area contributed by atoms with Crippen LogP contribution in [0.1, 0.15) is 44.2 Å². The molecular formula is C16H20N4O. The molecule has 0 N–H and O–H groups in total. The predicted molar refractivity (Wildman–Crippen MR) is 81.2 cm³/mol.